The Kier molecular flexibility index (Phi) is 2.25. The van der Waals surface area contributed by atoms with E-state index in [2.05, 4.69) is 11.1 Å². The van der Waals surface area contributed by atoms with Gasteiger partial charge in [0.1, 0.15) is 11.4 Å². The first-order chi connectivity index (χ1) is 8.52. The molecule has 1 atom stereocenters. The van der Waals surface area contributed by atoms with Crippen molar-refractivity contribution in [1.82, 2.24) is 4.98 Å². The van der Waals surface area contributed by atoms with E-state index in [-0.39, 0.29) is 11.2 Å². The molecule has 94 valence electrons. The molecule has 0 aliphatic carbocycles. The summed E-state index contributed by atoms with van der Waals surface area (Å²) in [6, 6.07) is 5.43. The fourth-order valence-electron chi connectivity index (χ4n) is 2.60. The third kappa shape index (κ3) is 1.53. The summed E-state index contributed by atoms with van der Waals surface area (Å²) in [6.07, 6.45) is 0.814. The predicted octanol–water partition coefficient (Wildman–Crippen LogP) is 1.49. The Morgan fingerprint density at radius 3 is 3.00 bits per heavy atom. The Morgan fingerprint density at radius 2 is 2.28 bits per heavy atom. The Bertz CT molecular complexity index is 690. The number of fused-ring (bicyclic) bond motifs is 3. The highest BCUT2D eigenvalue weighted by Gasteiger charge is 2.35. The topological polar surface area (TPSA) is 68.1 Å². The number of rotatable bonds is 1. The van der Waals surface area contributed by atoms with Gasteiger partial charge in [-0.05, 0) is 31.0 Å². The number of ether oxygens (including phenoxy) is 1. The molecule has 0 spiro atoms. The summed E-state index contributed by atoms with van der Waals surface area (Å²) >= 11 is 0. The molecule has 3 rings (SSSR count). The summed E-state index contributed by atoms with van der Waals surface area (Å²) in [5.74, 6) is 0.861. The molecule has 0 radical (unpaired) electrons. The molecule has 18 heavy (non-hydrogen) atoms. The summed E-state index contributed by atoms with van der Waals surface area (Å²) in [5, 5.41) is 0.960. The van der Waals surface area contributed by atoms with Crippen LogP contribution >= 0.6 is 0 Å². The van der Waals surface area contributed by atoms with Crippen LogP contribution in [-0.4, -0.2) is 17.1 Å². The van der Waals surface area contributed by atoms with E-state index in [4.69, 9.17) is 10.5 Å². The van der Waals surface area contributed by atoms with Crippen LogP contribution in [0.25, 0.3) is 10.9 Å². The van der Waals surface area contributed by atoms with Crippen LogP contribution in [0.15, 0.2) is 23.0 Å². The van der Waals surface area contributed by atoms with Crippen LogP contribution in [0.2, 0.25) is 0 Å². The van der Waals surface area contributed by atoms with E-state index < -0.39 is 0 Å². The summed E-state index contributed by atoms with van der Waals surface area (Å²) in [6.45, 7) is 4.49. The summed E-state index contributed by atoms with van der Waals surface area (Å²) in [4.78, 5) is 14.3. The van der Waals surface area contributed by atoms with E-state index in [0.29, 0.717) is 6.54 Å². The Hall–Kier alpha value is -1.81. The van der Waals surface area contributed by atoms with Crippen LogP contribution in [0.5, 0.6) is 5.75 Å². The summed E-state index contributed by atoms with van der Waals surface area (Å²) in [5.41, 5.74) is 8.42. The van der Waals surface area contributed by atoms with Crippen molar-refractivity contribution in [2.24, 2.45) is 5.73 Å². The first-order valence-corrected chi connectivity index (χ1v) is 6.07. The first kappa shape index (κ1) is 11.3. The first-order valence-electron chi connectivity index (χ1n) is 6.07. The molecular formula is C14H16N2O2. The van der Waals surface area contributed by atoms with Gasteiger partial charge in [0.15, 0.2) is 0 Å². The second kappa shape index (κ2) is 3.59. The third-order valence-electron chi connectivity index (χ3n) is 3.58. The second-order valence-electron chi connectivity index (χ2n) is 5.23. The minimum Gasteiger partial charge on any atom is -0.485 e. The number of aromatic amines is 1. The number of aryl methyl sites for hydroxylation is 1. The maximum Gasteiger partial charge on any atom is 0.248 e. The molecule has 2 aromatic rings. The lowest BCUT2D eigenvalue weighted by molar-refractivity contribution is 0.127. The van der Waals surface area contributed by atoms with Gasteiger partial charge in [0.25, 0.3) is 0 Å². The van der Waals surface area contributed by atoms with Crippen molar-refractivity contribution in [3.63, 3.8) is 0 Å². The minimum absolute atomic E-state index is 0.0925. The van der Waals surface area contributed by atoms with Crippen LogP contribution in [0, 0.1) is 6.92 Å². The van der Waals surface area contributed by atoms with E-state index in [1.165, 1.54) is 11.6 Å². The largest absolute Gasteiger partial charge is 0.485 e. The monoisotopic (exact) mass is 244 g/mol. The predicted molar refractivity (Wildman–Crippen MR) is 71.1 cm³/mol. The standard InChI is InChI=1S/C14H16N2O2/c1-8-5-9-6-14(2,7-15)18-13(9)10-3-4-11(17)16-12(8)10/h3-5H,6-7,15H2,1-2H3,(H,16,17). The van der Waals surface area contributed by atoms with Gasteiger partial charge in [0, 0.05) is 24.4 Å². The number of hydrogen-bond donors (Lipinski definition) is 2. The van der Waals surface area contributed by atoms with Gasteiger partial charge in [-0.25, -0.2) is 0 Å². The zero-order valence-corrected chi connectivity index (χ0v) is 10.5. The molecule has 4 heteroatoms. The SMILES string of the molecule is Cc1cc2c(c3ccc(=O)[nH]c13)OC(C)(CN)C2. The van der Waals surface area contributed by atoms with Crippen molar-refractivity contribution in [3.8, 4) is 5.75 Å². The van der Waals surface area contributed by atoms with Crippen molar-refractivity contribution in [1.29, 1.82) is 0 Å². The smallest absolute Gasteiger partial charge is 0.248 e. The van der Waals surface area contributed by atoms with Crippen LogP contribution in [-0.2, 0) is 6.42 Å². The van der Waals surface area contributed by atoms with E-state index in [1.807, 2.05) is 19.9 Å². The number of pyridine rings is 1. The number of nitrogens with one attached hydrogen (secondary N) is 1. The lowest BCUT2D eigenvalue weighted by Crippen LogP contribution is -2.38. The van der Waals surface area contributed by atoms with E-state index in [0.717, 1.165) is 28.6 Å². The van der Waals surface area contributed by atoms with Crippen LogP contribution in [0.4, 0.5) is 0 Å². The average molecular weight is 244 g/mol. The maximum absolute atomic E-state index is 11.4. The number of hydrogen-bond acceptors (Lipinski definition) is 3. The van der Waals surface area contributed by atoms with E-state index in [9.17, 15) is 4.79 Å². The quantitative estimate of drug-likeness (QED) is 0.798. The lowest BCUT2D eigenvalue weighted by atomic mass is 9.97. The molecule has 1 aliphatic heterocycles. The van der Waals surface area contributed by atoms with Crippen LogP contribution in [0.3, 0.4) is 0 Å². The highest BCUT2D eigenvalue weighted by molar-refractivity contribution is 5.89. The molecule has 0 fully saturated rings. The number of aromatic nitrogens is 1. The summed E-state index contributed by atoms with van der Waals surface area (Å²) in [7, 11) is 0. The highest BCUT2D eigenvalue weighted by atomic mass is 16.5. The second-order valence-corrected chi connectivity index (χ2v) is 5.23. The van der Waals surface area contributed by atoms with Gasteiger partial charge in [-0.15, -0.1) is 0 Å². The van der Waals surface area contributed by atoms with Crippen LogP contribution in [0.1, 0.15) is 18.1 Å². The number of benzene rings is 1. The molecule has 0 bridgehead atoms. The molecule has 0 saturated carbocycles. The molecule has 0 saturated heterocycles. The van der Waals surface area contributed by atoms with Crippen molar-refractivity contribution in [3.05, 3.63) is 39.7 Å². The Morgan fingerprint density at radius 1 is 1.50 bits per heavy atom. The molecule has 0 amide bonds. The van der Waals surface area contributed by atoms with Crippen molar-refractivity contribution >= 4 is 10.9 Å². The normalized spacial score (nSPS) is 21.9. The fourth-order valence-corrected chi connectivity index (χ4v) is 2.60. The molecule has 1 aliphatic rings. The van der Waals surface area contributed by atoms with Crippen molar-refractivity contribution in [2.75, 3.05) is 6.54 Å². The Balaban J connectivity index is 2.30. The highest BCUT2D eigenvalue weighted by Crippen LogP contribution is 2.40. The zero-order chi connectivity index (χ0) is 12.9. The molecule has 1 unspecified atom stereocenters. The van der Waals surface area contributed by atoms with Gasteiger partial charge in [-0.2, -0.15) is 0 Å². The van der Waals surface area contributed by atoms with Gasteiger partial charge in [-0.3, -0.25) is 4.79 Å². The molecule has 2 heterocycles. The van der Waals surface area contributed by atoms with Gasteiger partial charge in [-0.1, -0.05) is 6.07 Å². The molecule has 4 nitrogen and oxygen atoms in total. The number of nitrogens with two attached hydrogens (primary N) is 1. The Labute approximate surface area is 105 Å². The molecule has 1 aromatic heterocycles. The molecule has 1 aromatic carbocycles. The van der Waals surface area contributed by atoms with Crippen molar-refractivity contribution in [2.45, 2.75) is 25.9 Å². The lowest BCUT2D eigenvalue weighted by Gasteiger charge is -2.21. The van der Waals surface area contributed by atoms with E-state index >= 15 is 0 Å². The van der Waals surface area contributed by atoms with Crippen molar-refractivity contribution < 1.29 is 4.74 Å². The molecule has 3 N–H and O–H groups in total. The zero-order valence-electron chi connectivity index (χ0n) is 10.5. The van der Waals surface area contributed by atoms with E-state index in [1.54, 1.807) is 0 Å². The third-order valence-corrected chi connectivity index (χ3v) is 3.58. The number of H-pyrrole nitrogens is 1. The molecular weight excluding hydrogens is 228 g/mol. The summed E-state index contributed by atoms with van der Waals surface area (Å²) < 4.78 is 6.00. The van der Waals surface area contributed by atoms with Crippen LogP contribution < -0.4 is 16.0 Å². The van der Waals surface area contributed by atoms with Gasteiger partial charge >= 0.3 is 0 Å². The van der Waals surface area contributed by atoms with Gasteiger partial charge in [0.05, 0.1) is 5.52 Å². The fraction of sp³-hybridized carbons (Fsp3) is 0.357. The minimum atomic E-state index is -0.334. The van der Waals surface area contributed by atoms with Gasteiger partial charge in [0.2, 0.25) is 5.56 Å². The average Bonchev–Trinajstić information content (AvgIpc) is 2.67. The maximum atomic E-state index is 11.4. The van der Waals surface area contributed by atoms with Gasteiger partial charge < -0.3 is 15.5 Å².